The molecule has 3 aliphatic rings. The summed E-state index contributed by atoms with van der Waals surface area (Å²) in [5.74, 6) is -1.10. The van der Waals surface area contributed by atoms with Gasteiger partial charge in [0.05, 0.1) is 12.1 Å². The number of nitrogens with one attached hydrogen (secondary N) is 1. The SMILES string of the molecule is C/C1=C/C(=O)O[C@@H]2C[C@@H](CC[C@H](C)C=C/C=C/CC1)O[C@@](O)([C@@H]1CSC(=O)N1)C2. The first kappa shape index (κ1) is 22.1. The highest BCUT2D eigenvalue weighted by Gasteiger charge is 2.49. The van der Waals surface area contributed by atoms with Crippen LogP contribution in [0, 0.1) is 5.92 Å². The van der Waals surface area contributed by atoms with Crippen molar-refractivity contribution in [3.63, 3.8) is 0 Å². The van der Waals surface area contributed by atoms with Crippen LogP contribution in [0.5, 0.6) is 0 Å². The van der Waals surface area contributed by atoms with E-state index >= 15 is 0 Å². The quantitative estimate of drug-likeness (QED) is 0.626. The van der Waals surface area contributed by atoms with E-state index in [0.717, 1.165) is 43.0 Å². The Labute approximate surface area is 176 Å². The summed E-state index contributed by atoms with van der Waals surface area (Å²) in [6, 6.07) is -0.505. The van der Waals surface area contributed by atoms with Crippen LogP contribution in [-0.4, -0.2) is 46.1 Å². The Morgan fingerprint density at radius 2 is 2.07 bits per heavy atom. The van der Waals surface area contributed by atoms with Crippen LogP contribution in [0.25, 0.3) is 0 Å². The normalized spacial score (nSPS) is 39.9. The number of fused-ring (bicyclic) bond motifs is 2. The average Bonchev–Trinajstić information content (AvgIpc) is 3.09. The summed E-state index contributed by atoms with van der Waals surface area (Å²) < 4.78 is 11.8. The Morgan fingerprint density at radius 1 is 1.24 bits per heavy atom. The third-order valence-electron chi connectivity index (χ3n) is 5.62. The number of hydrogen-bond acceptors (Lipinski definition) is 6. The maximum atomic E-state index is 12.4. The predicted octanol–water partition coefficient (Wildman–Crippen LogP) is 3.86. The lowest BCUT2D eigenvalue weighted by Gasteiger charge is -2.43. The number of ether oxygens (including phenoxy) is 2. The summed E-state index contributed by atoms with van der Waals surface area (Å²) in [5, 5.41) is 13.8. The van der Waals surface area contributed by atoms with Crippen molar-refractivity contribution in [2.45, 2.75) is 76.4 Å². The molecule has 6 nitrogen and oxygen atoms in total. The van der Waals surface area contributed by atoms with Gasteiger partial charge in [0.25, 0.3) is 5.24 Å². The zero-order valence-electron chi connectivity index (χ0n) is 17.1. The first-order valence-electron chi connectivity index (χ1n) is 10.4. The molecule has 2 bridgehead atoms. The highest BCUT2D eigenvalue weighted by molar-refractivity contribution is 8.14. The van der Waals surface area contributed by atoms with Crippen molar-refractivity contribution in [3.05, 3.63) is 36.0 Å². The molecule has 7 heteroatoms. The molecule has 1 amide bonds. The van der Waals surface area contributed by atoms with Crippen LogP contribution in [0.2, 0.25) is 0 Å². The van der Waals surface area contributed by atoms with Crippen molar-refractivity contribution in [1.82, 2.24) is 5.32 Å². The molecule has 0 radical (unpaired) electrons. The largest absolute Gasteiger partial charge is 0.459 e. The molecule has 0 aromatic rings. The number of allylic oxidation sites excluding steroid dienone is 5. The van der Waals surface area contributed by atoms with E-state index in [1.165, 1.54) is 6.08 Å². The van der Waals surface area contributed by atoms with Crippen LogP contribution in [0.1, 0.15) is 52.4 Å². The van der Waals surface area contributed by atoms with Gasteiger partial charge in [-0.3, -0.25) is 4.79 Å². The summed E-state index contributed by atoms with van der Waals surface area (Å²) in [7, 11) is 0. The molecule has 3 heterocycles. The number of carbonyl (C=O) groups is 2. The summed E-state index contributed by atoms with van der Waals surface area (Å²) in [4.78, 5) is 24.0. The van der Waals surface area contributed by atoms with Gasteiger partial charge >= 0.3 is 5.97 Å². The Balaban J connectivity index is 1.78. The smallest absolute Gasteiger partial charge is 0.330 e. The molecule has 0 saturated carbocycles. The Morgan fingerprint density at radius 3 is 2.83 bits per heavy atom. The van der Waals surface area contributed by atoms with Gasteiger partial charge in [0.1, 0.15) is 6.10 Å². The molecule has 2 fully saturated rings. The number of esters is 1. The second-order valence-electron chi connectivity index (χ2n) is 8.28. The van der Waals surface area contributed by atoms with Crippen molar-refractivity contribution in [1.29, 1.82) is 0 Å². The lowest BCUT2D eigenvalue weighted by Crippen LogP contribution is -2.58. The first-order chi connectivity index (χ1) is 13.8. The van der Waals surface area contributed by atoms with Crippen molar-refractivity contribution >= 4 is 23.0 Å². The Bertz CT molecular complexity index is 703. The van der Waals surface area contributed by atoms with Gasteiger partial charge in [-0.15, -0.1) is 0 Å². The second kappa shape index (κ2) is 9.96. The molecular formula is C22H31NO5S. The van der Waals surface area contributed by atoms with Crippen LogP contribution in [-0.2, 0) is 14.3 Å². The van der Waals surface area contributed by atoms with E-state index in [9.17, 15) is 14.7 Å². The number of thioether (sulfide) groups is 1. The van der Waals surface area contributed by atoms with E-state index in [4.69, 9.17) is 9.47 Å². The fourth-order valence-electron chi connectivity index (χ4n) is 3.96. The maximum absolute atomic E-state index is 12.4. The van der Waals surface area contributed by atoms with Gasteiger partial charge < -0.3 is 19.9 Å². The lowest BCUT2D eigenvalue weighted by molar-refractivity contribution is -0.283. The summed E-state index contributed by atoms with van der Waals surface area (Å²) >= 11 is 1.14. The minimum atomic E-state index is -1.53. The molecular weight excluding hydrogens is 390 g/mol. The standard InChI is InChI=1S/C22H31NO5S/c1-15-7-5-3-4-6-8-16(2)11-20(24)27-18-12-17(10-9-15)28-22(26,13-18)19-14-29-21(25)23-19/h3-5,7,11,15,17-19,26H,6,8-10,12-14H2,1-2H3,(H,23,25)/b4-3+,7-5?,16-11-/t15-,17-,18-,19+,22-/m1/s1. The number of hydrogen-bond donors (Lipinski definition) is 2. The number of aliphatic hydroxyl groups is 1. The molecule has 0 spiro atoms. The number of rotatable bonds is 1. The molecule has 0 aliphatic carbocycles. The van der Waals surface area contributed by atoms with E-state index in [1.807, 2.05) is 13.0 Å². The molecule has 29 heavy (non-hydrogen) atoms. The van der Waals surface area contributed by atoms with E-state index in [2.05, 4.69) is 30.5 Å². The summed E-state index contributed by atoms with van der Waals surface area (Å²) in [5.41, 5.74) is 0.961. The molecule has 2 N–H and O–H groups in total. The molecule has 0 aromatic carbocycles. The van der Waals surface area contributed by atoms with Crippen molar-refractivity contribution < 1.29 is 24.2 Å². The van der Waals surface area contributed by atoms with Crippen LogP contribution < -0.4 is 5.32 Å². The van der Waals surface area contributed by atoms with Gasteiger partial charge in [0.15, 0.2) is 5.79 Å². The lowest BCUT2D eigenvalue weighted by atomic mass is 9.90. The topological polar surface area (TPSA) is 84.9 Å². The minimum absolute atomic E-state index is 0.159. The van der Waals surface area contributed by atoms with Crippen LogP contribution >= 0.6 is 11.8 Å². The summed E-state index contributed by atoms with van der Waals surface area (Å²) in [6.07, 6.45) is 13.2. The zero-order chi connectivity index (χ0) is 20.9. The summed E-state index contributed by atoms with van der Waals surface area (Å²) in [6.45, 7) is 4.07. The molecule has 5 atom stereocenters. The molecule has 0 aromatic heterocycles. The molecule has 0 unspecified atom stereocenters. The minimum Gasteiger partial charge on any atom is -0.459 e. The highest BCUT2D eigenvalue weighted by atomic mass is 32.2. The van der Waals surface area contributed by atoms with Crippen molar-refractivity contribution in [3.8, 4) is 0 Å². The van der Waals surface area contributed by atoms with Crippen LogP contribution in [0.3, 0.4) is 0 Å². The monoisotopic (exact) mass is 421 g/mol. The fourth-order valence-corrected chi connectivity index (χ4v) is 4.85. The average molecular weight is 422 g/mol. The third-order valence-corrected chi connectivity index (χ3v) is 6.50. The van der Waals surface area contributed by atoms with Crippen molar-refractivity contribution in [2.75, 3.05) is 5.75 Å². The van der Waals surface area contributed by atoms with Gasteiger partial charge in [0, 0.05) is 24.7 Å². The first-order valence-corrected chi connectivity index (χ1v) is 11.4. The van der Waals surface area contributed by atoms with Gasteiger partial charge in [0.2, 0.25) is 0 Å². The van der Waals surface area contributed by atoms with Crippen molar-refractivity contribution in [2.24, 2.45) is 5.92 Å². The molecule has 3 aliphatic heterocycles. The highest BCUT2D eigenvalue weighted by Crippen LogP contribution is 2.36. The third kappa shape index (κ3) is 6.46. The van der Waals surface area contributed by atoms with E-state index in [0.29, 0.717) is 18.1 Å². The van der Waals surface area contributed by atoms with Gasteiger partial charge in [-0.25, -0.2) is 4.79 Å². The predicted molar refractivity (Wildman–Crippen MR) is 113 cm³/mol. The van der Waals surface area contributed by atoms with Gasteiger partial charge in [-0.2, -0.15) is 0 Å². The number of carbonyl (C=O) groups excluding carboxylic acids is 2. The van der Waals surface area contributed by atoms with E-state index in [-0.39, 0.29) is 23.7 Å². The zero-order valence-corrected chi connectivity index (χ0v) is 18.0. The van der Waals surface area contributed by atoms with Crippen LogP contribution in [0.15, 0.2) is 36.0 Å². The van der Waals surface area contributed by atoms with Crippen LogP contribution in [0.4, 0.5) is 4.79 Å². The molecule has 3 rings (SSSR count). The molecule has 160 valence electrons. The van der Waals surface area contributed by atoms with E-state index in [1.54, 1.807) is 0 Å². The van der Waals surface area contributed by atoms with Gasteiger partial charge in [-0.1, -0.05) is 48.6 Å². The molecule has 2 saturated heterocycles. The number of amides is 1. The second-order valence-corrected chi connectivity index (χ2v) is 9.27. The Hall–Kier alpha value is -1.57. The fraction of sp³-hybridized carbons (Fsp3) is 0.636. The maximum Gasteiger partial charge on any atom is 0.330 e. The van der Waals surface area contributed by atoms with E-state index < -0.39 is 17.9 Å². The van der Waals surface area contributed by atoms with Gasteiger partial charge in [-0.05, 0) is 38.5 Å². The Kier molecular flexibility index (Phi) is 7.60.